The van der Waals surface area contributed by atoms with Crippen LogP contribution in [0.5, 0.6) is 0 Å². The molecule has 4 rings (SSSR count). The summed E-state index contributed by atoms with van der Waals surface area (Å²) in [6.45, 7) is 4.05. The standard InChI is InChI=1S/C20H17N3OS/c1-13-7-6-10-16(14(13)2)21-19(24)18-12-25-20-22-17(11-23(18)20)15-8-4-3-5-9-15/h3-12H,1-2H3,(H,21,24). The SMILES string of the molecule is Cc1cccc(NC(=O)c2csc3nc(-c4ccccc4)cn23)c1C. The van der Waals surface area contributed by atoms with Crippen molar-refractivity contribution >= 4 is 27.9 Å². The number of rotatable bonds is 3. The van der Waals surface area contributed by atoms with Gasteiger partial charge in [0.1, 0.15) is 5.69 Å². The Hall–Kier alpha value is -2.92. The molecular weight excluding hydrogens is 330 g/mol. The summed E-state index contributed by atoms with van der Waals surface area (Å²) in [5.74, 6) is -0.128. The van der Waals surface area contributed by atoms with Crippen molar-refractivity contribution in [2.45, 2.75) is 13.8 Å². The number of fused-ring (bicyclic) bond motifs is 1. The van der Waals surface area contributed by atoms with Gasteiger partial charge in [0.05, 0.1) is 5.69 Å². The Morgan fingerprint density at radius 3 is 2.68 bits per heavy atom. The van der Waals surface area contributed by atoms with Gasteiger partial charge >= 0.3 is 0 Å². The molecule has 0 aliphatic heterocycles. The summed E-state index contributed by atoms with van der Waals surface area (Å²) in [4.78, 5) is 18.2. The Balaban J connectivity index is 1.68. The first-order valence-electron chi connectivity index (χ1n) is 8.03. The van der Waals surface area contributed by atoms with E-state index in [4.69, 9.17) is 0 Å². The number of anilines is 1. The van der Waals surface area contributed by atoms with E-state index in [1.54, 1.807) is 0 Å². The van der Waals surface area contributed by atoms with Crippen LogP contribution in [0.3, 0.4) is 0 Å². The number of imidazole rings is 1. The molecular formula is C20H17N3OS. The molecule has 0 saturated carbocycles. The molecule has 0 unspecified atom stereocenters. The summed E-state index contributed by atoms with van der Waals surface area (Å²) in [6, 6.07) is 15.9. The highest BCUT2D eigenvalue weighted by atomic mass is 32.1. The number of carbonyl (C=O) groups is 1. The predicted octanol–water partition coefficient (Wildman–Crippen LogP) is 4.93. The molecule has 0 saturated heterocycles. The molecule has 4 nitrogen and oxygen atoms in total. The highest BCUT2D eigenvalue weighted by Crippen LogP contribution is 2.25. The monoisotopic (exact) mass is 347 g/mol. The van der Waals surface area contributed by atoms with Crippen LogP contribution >= 0.6 is 11.3 Å². The summed E-state index contributed by atoms with van der Waals surface area (Å²) >= 11 is 1.47. The van der Waals surface area contributed by atoms with Crippen LogP contribution in [-0.4, -0.2) is 15.3 Å². The highest BCUT2D eigenvalue weighted by molar-refractivity contribution is 7.15. The lowest BCUT2D eigenvalue weighted by molar-refractivity contribution is 0.102. The third-order valence-electron chi connectivity index (χ3n) is 4.36. The molecule has 2 heterocycles. The minimum Gasteiger partial charge on any atom is -0.320 e. The number of nitrogens with one attached hydrogen (secondary N) is 1. The van der Waals surface area contributed by atoms with Crippen LogP contribution in [0.25, 0.3) is 16.2 Å². The summed E-state index contributed by atoms with van der Waals surface area (Å²) in [6.07, 6.45) is 1.92. The molecule has 0 atom stereocenters. The number of aryl methyl sites for hydroxylation is 1. The molecule has 124 valence electrons. The van der Waals surface area contributed by atoms with Gasteiger partial charge in [0.2, 0.25) is 0 Å². The van der Waals surface area contributed by atoms with Gasteiger partial charge in [-0.1, -0.05) is 42.5 Å². The zero-order valence-electron chi connectivity index (χ0n) is 14.0. The lowest BCUT2D eigenvalue weighted by Gasteiger charge is -2.09. The maximum Gasteiger partial charge on any atom is 0.273 e. The van der Waals surface area contributed by atoms with Gasteiger partial charge < -0.3 is 5.32 Å². The van der Waals surface area contributed by atoms with E-state index in [9.17, 15) is 4.79 Å². The molecule has 0 aliphatic carbocycles. The van der Waals surface area contributed by atoms with Crippen molar-refractivity contribution in [2.24, 2.45) is 0 Å². The van der Waals surface area contributed by atoms with Crippen molar-refractivity contribution in [1.82, 2.24) is 9.38 Å². The quantitative estimate of drug-likeness (QED) is 0.571. The van der Waals surface area contributed by atoms with E-state index in [1.807, 2.05) is 78.4 Å². The Labute approximate surface area is 149 Å². The average molecular weight is 347 g/mol. The van der Waals surface area contributed by atoms with Crippen molar-refractivity contribution in [3.8, 4) is 11.3 Å². The molecule has 4 aromatic rings. The van der Waals surface area contributed by atoms with Crippen molar-refractivity contribution in [3.05, 3.63) is 76.9 Å². The maximum atomic E-state index is 12.7. The number of thiazole rings is 1. The number of benzene rings is 2. The Morgan fingerprint density at radius 2 is 1.88 bits per heavy atom. The first kappa shape index (κ1) is 15.6. The molecule has 5 heteroatoms. The normalized spacial score (nSPS) is 11.0. The van der Waals surface area contributed by atoms with Crippen LogP contribution in [0.15, 0.2) is 60.1 Å². The number of hydrogen-bond acceptors (Lipinski definition) is 3. The summed E-state index contributed by atoms with van der Waals surface area (Å²) in [5, 5.41) is 4.86. The summed E-state index contributed by atoms with van der Waals surface area (Å²) in [7, 11) is 0. The van der Waals surface area contributed by atoms with Crippen LogP contribution in [0.1, 0.15) is 21.6 Å². The van der Waals surface area contributed by atoms with Crippen LogP contribution in [0.4, 0.5) is 5.69 Å². The number of hydrogen-bond donors (Lipinski definition) is 1. The van der Waals surface area contributed by atoms with E-state index < -0.39 is 0 Å². The third kappa shape index (κ3) is 2.83. The maximum absolute atomic E-state index is 12.7. The van der Waals surface area contributed by atoms with Gasteiger partial charge in [-0.05, 0) is 31.0 Å². The minimum atomic E-state index is -0.128. The van der Waals surface area contributed by atoms with E-state index in [-0.39, 0.29) is 5.91 Å². The number of carbonyl (C=O) groups excluding carboxylic acids is 1. The first-order chi connectivity index (χ1) is 12.1. The molecule has 0 radical (unpaired) electrons. The van der Waals surface area contributed by atoms with Gasteiger partial charge in [-0.15, -0.1) is 11.3 Å². The Bertz CT molecular complexity index is 1060. The van der Waals surface area contributed by atoms with Crippen LogP contribution in [0.2, 0.25) is 0 Å². The van der Waals surface area contributed by atoms with Crippen molar-refractivity contribution < 1.29 is 4.79 Å². The lowest BCUT2D eigenvalue weighted by atomic mass is 10.1. The molecule has 1 amide bonds. The third-order valence-corrected chi connectivity index (χ3v) is 5.20. The Kier molecular flexibility index (Phi) is 3.86. The molecule has 0 aliphatic rings. The Morgan fingerprint density at radius 1 is 1.08 bits per heavy atom. The lowest BCUT2D eigenvalue weighted by Crippen LogP contribution is -2.14. The second-order valence-electron chi connectivity index (χ2n) is 5.97. The zero-order chi connectivity index (χ0) is 17.4. The fourth-order valence-corrected chi connectivity index (χ4v) is 3.62. The van der Waals surface area contributed by atoms with Crippen LogP contribution in [0, 0.1) is 13.8 Å². The molecule has 25 heavy (non-hydrogen) atoms. The van der Waals surface area contributed by atoms with E-state index in [0.717, 1.165) is 33.0 Å². The molecule has 2 aromatic carbocycles. The van der Waals surface area contributed by atoms with E-state index in [1.165, 1.54) is 11.3 Å². The van der Waals surface area contributed by atoms with Gasteiger partial charge in [0.15, 0.2) is 4.96 Å². The molecule has 0 bridgehead atoms. The van der Waals surface area contributed by atoms with Gasteiger partial charge in [-0.25, -0.2) is 4.98 Å². The number of nitrogens with zero attached hydrogens (tertiary/aromatic N) is 2. The van der Waals surface area contributed by atoms with Crippen LogP contribution < -0.4 is 5.32 Å². The topological polar surface area (TPSA) is 46.4 Å². The predicted molar refractivity (Wildman–Crippen MR) is 102 cm³/mol. The average Bonchev–Trinajstić information content (AvgIpc) is 3.20. The van der Waals surface area contributed by atoms with Gasteiger partial charge in [-0.3, -0.25) is 9.20 Å². The number of amides is 1. The smallest absolute Gasteiger partial charge is 0.273 e. The molecule has 1 N–H and O–H groups in total. The number of aromatic nitrogens is 2. The van der Waals surface area contributed by atoms with Gasteiger partial charge in [0.25, 0.3) is 5.91 Å². The van der Waals surface area contributed by atoms with Crippen molar-refractivity contribution in [2.75, 3.05) is 5.32 Å². The first-order valence-corrected chi connectivity index (χ1v) is 8.91. The second-order valence-corrected chi connectivity index (χ2v) is 6.80. The van der Waals surface area contributed by atoms with E-state index >= 15 is 0 Å². The minimum absolute atomic E-state index is 0.128. The van der Waals surface area contributed by atoms with Crippen molar-refractivity contribution in [1.29, 1.82) is 0 Å². The largest absolute Gasteiger partial charge is 0.320 e. The molecule has 2 aromatic heterocycles. The summed E-state index contributed by atoms with van der Waals surface area (Å²) in [5.41, 5.74) is 5.58. The zero-order valence-corrected chi connectivity index (χ0v) is 14.8. The molecule has 0 spiro atoms. The van der Waals surface area contributed by atoms with Gasteiger partial charge in [0, 0.05) is 22.8 Å². The van der Waals surface area contributed by atoms with Crippen molar-refractivity contribution in [3.63, 3.8) is 0 Å². The second kappa shape index (κ2) is 6.18. The van der Waals surface area contributed by atoms with Gasteiger partial charge in [-0.2, -0.15) is 0 Å². The summed E-state index contributed by atoms with van der Waals surface area (Å²) < 4.78 is 1.85. The fraction of sp³-hybridized carbons (Fsp3) is 0.100. The van der Waals surface area contributed by atoms with E-state index in [2.05, 4.69) is 10.3 Å². The highest BCUT2D eigenvalue weighted by Gasteiger charge is 2.16. The molecule has 0 fully saturated rings. The van der Waals surface area contributed by atoms with E-state index in [0.29, 0.717) is 5.69 Å². The fourth-order valence-electron chi connectivity index (χ4n) is 2.77. The van der Waals surface area contributed by atoms with Crippen LogP contribution in [-0.2, 0) is 0 Å².